The Labute approximate surface area is 53.2 Å². The lowest BCUT2D eigenvalue weighted by Crippen LogP contribution is -2.43. The third-order valence-electron chi connectivity index (χ3n) is 1.44. The fourth-order valence-electron chi connectivity index (χ4n) is 0.933. The van der Waals surface area contributed by atoms with Gasteiger partial charge in [-0.05, 0) is 13.0 Å². The number of aliphatic hydroxyl groups is 1. The van der Waals surface area contributed by atoms with Gasteiger partial charge < -0.3 is 10.4 Å². The summed E-state index contributed by atoms with van der Waals surface area (Å²) in [7, 11) is 0. The SMILES string of the molecule is O=CNC1NCCC1O. The van der Waals surface area contributed by atoms with Gasteiger partial charge >= 0.3 is 0 Å². The summed E-state index contributed by atoms with van der Waals surface area (Å²) in [4.78, 5) is 9.84. The molecule has 0 bridgehead atoms. The molecule has 2 atom stereocenters. The predicted octanol–water partition coefficient (Wildman–Crippen LogP) is -1.59. The number of carbonyl (C=O) groups is 1. The summed E-state index contributed by atoms with van der Waals surface area (Å²) >= 11 is 0. The van der Waals surface area contributed by atoms with Crippen LogP contribution in [0.4, 0.5) is 0 Å². The highest BCUT2D eigenvalue weighted by atomic mass is 16.3. The van der Waals surface area contributed by atoms with Gasteiger partial charge in [0.25, 0.3) is 0 Å². The molecule has 1 aliphatic heterocycles. The largest absolute Gasteiger partial charge is 0.390 e. The zero-order valence-electron chi connectivity index (χ0n) is 5.00. The molecule has 3 N–H and O–H groups in total. The lowest BCUT2D eigenvalue weighted by atomic mass is 10.3. The molecule has 4 nitrogen and oxygen atoms in total. The second-order valence-electron chi connectivity index (χ2n) is 2.07. The number of aliphatic hydroxyl groups excluding tert-OH is 1. The van der Waals surface area contributed by atoms with E-state index in [1.165, 1.54) is 0 Å². The molecule has 0 spiro atoms. The van der Waals surface area contributed by atoms with Gasteiger partial charge in [-0.2, -0.15) is 0 Å². The summed E-state index contributed by atoms with van der Waals surface area (Å²) in [6.07, 6.45) is 0.648. The van der Waals surface area contributed by atoms with Crippen LogP contribution in [0.15, 0.2) is 0 Å². The predicted molar refractivity (Wildman–Crippen MR) is 31.6 cm³/mol. The minimum absolute atomic E-state index is 0.234. The van der Waals surface area contributed by atoms with Crippen LogP contribution in [0.2, 0.25) is 0 Å². The molecule has 1 saturated heterocycles. The van der Waals surface area contributed by atoms with Crippen LogP contribution in [0, 0.1) is 0 Å². The minimum Gasteiger partial charge on any atom is -0.390 e. The first-order valence-corrected chi connectivity index (χ1v) is 2.96. The van der Waals surface area contributed by atoms with Crippen molar-refractivity contribution < 1.29 is 9.90 Å². The molecule has 0 radical (unpaired) electrons. The van der Waals surface area contributed by atoms with E-state index in [-0.39, 0.29) is 6.17 Å². The Hall–Kier alpha value is -0.610. The Morgan fingerprint density at radius 3 is 3.00 bits per heavy atom. The van der Waals surface area contributed by atoms with Crippen LogP contribution in [0.25, 0.3) is 0 Å². The maximum absolute atomic E-state index is 9.84. The first-order valence-electron chi connectivity index (χ1n) is 2.96. The summed E-state index contributed by atoms with van der Waals surface area (Å²) in [5.74, 6) is 0. The van der Waals surface area contributed by atoms with Crippen LogP contribution in [-0.4, -0.2) is 30.3 Å². The van der Waals surface area contributed by atoms with Gasteiger partial charge in [0.2, 0.25) is 6.41 Å². The molecule has 0 aromatic rings. The average molecular weight is 130 g/mol. The highest BCUT2D eigenvalue weighted by molar-refractivity contribution is 5.46. The van der Waals surface area contributed by atoms with E-state index in [1.807, 2.05) is 0 Å². The summed E-state index contributed by atoms with van der Waals surface area (Å²) < 4.78 is 0. The van der Waals surface area contributed by atoms with E-state index in [0.29, 0.717) is 12.8 Å². The fourth-order valence-corrected chi connectivity index (χ4v) is 0.933. The van der Waals surface area contributed by atoms with Crippen molar-refractivity contribution >= 4 is 6.41 Å². The normalized spacial score (nSPS) is 34.3. The molecule has 52 valence electrons. The Kier molecular flexibility index (Phi) is 2.02. The summed E-state index contributed by atoms with van der Waals surface area (Å²) in [5, 5.41) is 14.4. The smallest absolute Gasteiger partial charge is 0.208 e. The van der Waals surface area contributed by atoms with Gasteiger partial charge in [-0.25, -0.2) is 0 Å². The maximum atomic E-state index is 9.84. The van der Waals surface area contributed by atoms with Crippen molar-refractivity contribution in [1.82, 2.24) is 10.6 Å². The number of hydrogen-bond donors (Lipinski definition) is 3. The second-order valence-corrected chi connectivity index (χ2v) is 2.07. The molecule has 1 aliphatic rings. The van der Waals surface area contributed by atoms with Gasteiger partial charge in [0.1, 0.15) is 6.17 Å². The maximum Gasteiger partial charge on any atom is 0.208 e. The van der Waals surface area contributed by atoms with Crippen molar-refractivity contribution in [1.29, 1.82) is 0 Å². The van der Waals surface area contributed by atoms with Gasteiger partial charge in [-0.15, -0.1) is 0 Å². The molecule has 1 rings (SSSR count). The highest BCUT2D eigenvalue weighted by Crippen LogP contribution is 2.01. The van der Waals surface area contributed by atoms with Crippen LogP contribution in [0.5, 0.6) is 0 Å². The van der Waals surface area contributed by atoms with E-state index >= 15 is 0 Å². The van der Waals surface area contributed by atoms with Crippen LogP contribution >= 0.6 is 0 Å². The zero-order valence-corrected chi connectivity index (χ0v) is 5.00. The molecule has 0 aromatic carbocycles. The standard InChI is InChI=1S/C5H10N2O2/c8-3-7-5-4(9)1-2-6-5/h3-6,9H,1-2H2,(H,7,8). The van der Waals surface area contributed by atoms with Crippen molar-refractivity contribution in [2.45, 2.75) is 18.7 Å². The Bertz CT molecular complexity index is 107. The Morgan fingerprint density at radius 1 is 1.78 bits per heavy atom. The molecular weight excluding hydrogens is 120 g/mol. The fraction of sp³-hybridized carbons (Fsp3) is 0.800. The van der Waals surface area contributed by atoms with Crippen LogP contribution in [0.1, 0.15) is 6.42 Å². The molecular formula is C5H10N2O2. The van der Waals surface area contributed by atoms with Crippen LogP contribution < -0.4 is 10.6 Å². The second kappa shape index (κ2) is 2.80. The third kappa shape index (κ3) is 1.40. The van der Waals surface area contributed by atoms with Crippen molar-refractivity contribution in [2.24, 2.45) is 0 Å². The van der Waals surface area contributed by atoms with E-state index in [0.717, 1.165) is 6.54 Å². The number of rotatable bonds is 2. The van der Waals surface area contributed by atoms with Crippen LogP contribution in [0.3, 0.4) is 0 Å². The van der Waals surface area contributed by atoms with E-state index in [1.54, 1.807) is 0 Å². The highest BCUT2D eigenvalue weighted by Gasteiger charge is 2.22. The van der Waals surface area contributed by atoms with Crippen LogP contribution in [-0.2, 0) is 4.79 Å². The lowest BCUT2D eigenvalue weighted by Gasteiger charge is -2.11. The van der Waals surface area contributed by atoms with E-state index < -0.39 is 6.10 Å². The first-order chi connectivity index (χ1) is 4.34. The lowest BCUT2D eigenvalue weighted by molar-refractivity contribution is -0.110. The molecule has 1 fully saturated rings. The molecule has 0 saturated carbocycles. The number of nitrogens with one attached hydrogen (secondary N) is 2. The molecule has 0 aliphatic carbocycles. The first kappa shape index (κ1) is 6.51. The molecule has 0 aromatic heterocycles. The van der Waals surface area contributed by atoms with Gasteiger partial charge in [-0.3, -0.25) is 10.1 Å². The van der Waals surface area contributed by atoms with Crippen molar-refractivity contribution in [3.05, 3.63) is 0 Å². The molecule has 2 unspecified atom stereocenters. The van der Waals surface area contributed by atoms with E-state index in [4.69, 9.17) is 5.11 Å². The van der Waals surface area contributed by atoms with Crippen molar-refractivity contribution in [3.63, 3.8) is 0 Å². The molecule has 4 heteroatoms. The zero-order chi connectivity index (χ0) is 6.69. The number of carbonyl (C=O) groups excluding carboxylic acids is 1. The molecule has 1 amide bonds. The molecule has 1 heterocycles. The van der Waals surface area contributed by atoms with Crippen molar-refractivity contribution in [3.8, 4) is 0 Å². The van der Waals surface area contributed by atoms with E-state index in [2.05, 4.69) is 10.6 Å². The van der Waals surface area contributed by atoms with Gasteiger partial charge in [0.15, 0.2) is 0 Å². The Balaban J connectivity index is 2.30. The van der Waals surface area contributed by atoms with Gasteiger partial charge in [-0.1, -0.05) is 0 Å². The monoisotopic (exact) mass is 130 g/mol. The molecule has 9 heavy (non-hydrogen) atoms. The van der Waals surface area contributed by atoms with Crippen molar-refractivity contribution in [2.75, 3.05) is 6.54 Å². The topological polar surface area (TPSA) is 61.4 Å². The quantitative estimate of drug-likeness (QED) is 0.395. The number of hydrogen-bond acceptors (Lipinski definition) is 3. The van der Waals surface area contributed by atoms with Gasteiger partial charge in [0, 0.05) is 0 Å². The van der Waals surface area contributed by atoms with E-state index in [9.17, 15) is 4.79 Å². The summed E-state index contributed by atoms with van der Waals surface area (Å²) in [6.45, 7) is 0.771. The average Bonchev–Trinajstić information content (AvgIpc) is 2.18. The van der Waals surface area contributed by atoms with Gasteiger partial charge in [0.05, 0.1) is 6.10 Å². The minimum atomic E-state index is -0.421. The summed E-state index contributed by atoms with van der Waals surface area (Å²) in [6, 6.07) is 0. The Morgan fingerprint density at radius 2 is 2.56 bits per heavy atom. The third-order valence-corrected chi connectivity index (χ3v) is 1.44. The summed E-state index contributed by atoms with van der Waals surface area (Å²) in [5.41, 5.74) is 0. The number of amides is 1.